The van der Waals surface area contributed by atoms with E-state index >= 15 is 0 Å². The Hall–Kier alpha value is -1.92. The van der Waals surface area contributed by atoms with E-state index in [2.05, 4.69) is 43.5 Å². The Morgan fingerprint density at radius 3 is 0.906 bits per heavy atom. The van der Waals surface area contributed by atoms with Crippen molar-refractivity contribution in [3.8, 4) is 0 Å². The fourth-order valence-corrected chi connectivity index (χ4v) is 12.3. The lowest BCUT2D eigenvalue weighted by Gasteiger charge is -2.20. The number of allylic oxidation sites excluding steroid dienone is 5. The lowest BCUT2D eigenvalue weighted by atomic mass is 10.0. The van der Waals surface area contributed by atoms with E-state index in [0.717, 1.165) is 51.4 Å². The van der Waals surface area contributed by atoms with Crippen LogP contribution in [0.25, 0.3) is 0 Å². The minimum Gasteiger partial charge on any atom is -0.466 e. The lowest BCUT2D eigenvalue weighted by molar-refractivity contribution is -0.143. The van der Waals surface area contributed by atoms with Gasteiger partial charge < -0.3 is 20.3 Å². The highest BCUT2D eigenvalue weighted by Crippen LogP contribution is 2.20. The van der Waals surface area contributed by atoms with Crippen LogP contribution in [0.4, 0.5) is 0 Å². The highest BCUT2D eigenvalue weighted by molar-refractivity contribution is 5.76. The largest absolute Gasteiger partial charge is 0.466 e. The smallest absolute Gasteiger partial charge is 0.305 e. The maximum absolute atomic E-state index is 12.5. The van der Waals surface area contributed by atoms with Crippen molar-refractivity contribution in [3.63, 3.8) is 0 Å². The van der Waals surface area contributed by atoms with Gasteiger partial charge in [0.15, 0.2) is 0 Å². The van der Waals surface area contributed by atoms with Crippen LogP contribution < -0.4 is 5.32 Å². The molecule has 2 atom stereocenters. The Morgan fingerprint density at radius 1 is 0.329 bits per heavy atom. The third kappa shape index (κ3) is 71.0. The van der Waals surface area contributed by atoms with Crippen LogP contribution >= 0.6 is 0 Å². The molecule has 0 radical (unpaired) electrons. The first kappa shape index (κ1) is 83.1. The molecule has 0 spiro atoms. The summed E-state index contributed by atoms with van der Waals surface area (Å²) in [6.45, 7) is 4.92. The Bertz CT molecular complexity index is 1380. The Labute approximate surface area is 532 Å². The van der Waals surface area contributed by atoms with Gasteiger partial charge in [0.25, 0.3) is 0 Å². The number of unbranched alkanes of at least 4 members (excludes halogenated alkanes) is 58. The average Bonchev–Trinajstić information content (AvgIpc) is 3.52. The van der Waals surface area contributed by atoms with Gasteiger partial charge in [0.05, 0.1) is 25.4 Å². The lowest BCUT2D eigenvalue weighted by Crippen LogP contribution is -2.45. The van der Waals surface area contributed by atoms with Crippen LogP contribution in [0.2, 0.25) is 0 Å². The van der Waals surface area contributed by atoms with Gasteiger partial charge in [-0.15, -0.1) is 0 Å². The number of nitrogens with one attached hydrogen (secondary N) is 1. The van der Waals surface area contributed by atoms with Crippen LogP contribution in [-0.4, -0.2) is 47.4 Å². The number of esters is 1. The van der Waals surface area contributed by atoms with Gasteiger partial charge in [-0.25, -0.2) is 0 Å². The molecule has 6 nitrogen and oxygen atoms in total. The fourth-order valence-electron chi connectivity index (χ4n) is 12.3. The first-order chi connectivity index (χ1) is 42.0. The summed E-state index contributed by atoms with van der Waals surface area (Å²) >= 11 is 0. The number of carbonyl (C=O) groups excluding carboxylic acids is 2. The molecule has 0 fully saturated rings. The van der Waals surface area contributed by atoms with E-state index in [1.807, 2.05) is 6.08 Å². The molecule has 2 unspecified atom stereocenters. The van der Waals surface area contributed by atoms with Gasteiger partial charge in [-0.2, -0.15) is 0 Å². The molecule has 0 bridgehead atoms. The standard InChI is InChI=1S/C79H151NO5/c1-3-5-7-9-11-13-15-17-19-20-41-45-49-53-57-61-65-69-73-79(84)85-74-70-66-62-58-54-50-46-42-39-37-35-33-31-29-27-25-23-21-22-24-26-28-30-32-34-36-38-40-44-48-52-56-60-64-68-72-78(83)80-76(75-81)77(82)71-67-63-59-55-51-47-43-18-16-14-12-10-8-6-4-2/h13,15,19-20,67,71,76-77,81-82H,3-12,14,16-18,21-66,68-70,72-75H2,1-2H3,(H,80,83)/b15-13-,20-19-,71-67+. The summed E-state index contributed by atoms with van der Waals surface area (Å²) in [5, 5.41) is 23.2. The number of rotatable bonds is 73. The molecule has 0 saturated carbocycles. The van der Waals surface area contributed by atoms with Gasteiger partial charge in [0.1, 0.15) is 0 Å². The number of ether oxygens (including phenoxy) is 1. The van der Waals surface area contributed by atoms with E-state index in [-0.39, 0.29) is 18.5 Å². The van der Waals surface area contributed by atoms with Crippen LogP contribution in [0.3, 0.4) is 0 Å². The van der Waals surface area contributed by atoms with Crippen LogP contribution in [0, 0.1) is 0 Å². The van der Waals surface area contributed by atoms with E-state index in [1.54, 1.807) is 6.08 Å². The quantitative estimate of drug-likeness (QED) is 0.0320. The van der Waals surface area contributed by atoms with Gasteiger partial charge in [-0.3, -0.25) is 9.59 Å². The maximum Gasteiger partial charge on any atom is 0.305 e. The summed E-state index contributed by atoms with van der Waals surface area (Å²) in [5.41, 5.74) is 0. The number of hydrogen-bond acceptors (Lipinski definition) is 5. The van der Waals surface area contributed by atoms with Crippen molar-refractivity contribution < 1.29 is 24.5 Å². The summed E-state index contributed by atoms with van der Waals surface area (Å²) in [7, 11) is 0. The molecule has 0 aliphatic carbocycles. The zero-order chi connectivity index (χ0) is 61.3. The second kappa shape index (κ2) is 74.5. The molecule has 0 aliphatic heterocycles. The van der Waals surface area contributed by atoms with Crippen molar-refractivity contribution in [3.05, 3.63) is 36.5 Å². The predicted molar refractivity (Wildman–Crippen MR) is 375 cm³/mol. The predicted octanol–water partition coefficient (Wildman–Crippen LogP) is 25.4. The molecule has 0 aromatic carbocycles. The molecule has 0 aromatic heterocycles. The number of aliphatic hydroxyl groups is 2. The normalized spacial score (nSPS) is 12.7. The molecule has 0 aromatic rings. The zero-order valence-electron chi connectivity index (χ0n) is 57.6. The van der Waals surface area contributed by atoms with Gasteiger partial charge in [0, 0.05) is 12.8 Å². The van der Waals surface area contributed by atoms with Crippen LogP contribution in [-0.2, 0) is 14.3 Å². The molecule has 85 heavy (non-hydrogen) atoms. The van der Waals surface area contributed by atoms with Crippen molar-refractivity contribution in [1.82, 2.24) is 5.32 Å². The van der Waals surface area contributed by atoms with Crippen LogP contribution in [0.1, 0.15) is 431 Å². The topological polar surface area (TPSA) is 95.9 Å². The van der Waals surface area contributed by atoms with E-state index in [0.29, 0.717) is 19.4 Å². The van der Waals surface area contributed by atoms with E-state index in [9.17, 15) is 19.8 Å². The Balaban J connectivity index is 3.31. The maximum atomic E-state index is 12.5. The van der Waals surface area contributed by atoms with Crippen molar-refractivity contribution in [2.75, 3.05) is 13.2 Å². The molecule has 6 heteroatoms. The van der Waals surface area contributed by atoms with Gasteiger partial charge in [0.2, 0.25) is 5.91 Å². The molecule has 0 saturated heterocycles. The number of hydrogen-bond donors (Lipinski definition) is 3. The molecular formula is C79H151NO5. The number of aliphatic hydroxyl groups excluding tert-OH is 2. The van der Waals surface area contributed by atoms with Crippen LogP contribution in [0.15, 0.2) is 36.5 Å². The zero-order valence-corrected chi connectivity index (χ0v) is 57.6. The summed E-state index contributed by atoms with van der Waals surface area (Å²) in [6.07, 6.45) is 96.9. The number of amides is 1. The van der Waals surface area contributed by atoms with E-state index < -0.39 is 12.1 Å². The van der Waals surface area contributed by atoms with Crippen molar-refractivity contribution in [2.24, 2.45) is 0 Å². The van der Waals surface area contributed by atoms with Gasteiger partial charge in [-0.05, 0) is 64.2 Å². The van der Waals surface area contributed by atoms with Crippen molar-refractivity contribution in [1.29, 1.82) is 0 Å². The molecular weight excluding hydrogens is 1040 g/mol. The average molecular weight is 1200 g/mol. The SMILES string of the molecule is CCCCCC/C=C\C/C=C\CCCCCCCCCC(=O)OCCCCCCCCCCCCCCCCCCCCCCCCCCCCCCCCCCCCCC(=O)NC(CO)C(O)/C=C/CCCCCCCCCCCCCCC. The molecule has 0 heterocycles. The third-order valence-electron chi connectivity index (χ3n) is 18.2. The summed E-state index contributed by atoms with van der Waals surface area (Å²) in [4.78, 5) is 24.6. The van der Waals surface area contributed by atoms with E-state index in [4.69, 9.17) is 4.74 Å². The van der Waals surface area contributed by atoms with Gasteiger partial charge in [-0.1, -0.05) is 391 Å². The number of carbonyl (C=O) groups is 2. The monoisotopic (exact) mass is 1190 g/mol. The molecule has 3 N–H and O–H groups in total. The minimum atomic E-state index is -0.840. The highest BCUT2D eigenvalue weighted by atomic mass is 16.5. The summed E-state index contributed by atoms with van der Waals surface area (Å²) < 4.78 is 5.51. The summed E-state index contributed by atoms with van der Waals surface area (Å²) in [6, 6.07) is -0.624. The molecule has 0 rings (SSSR count). The molecule has 1 amide bonds. The third-order valence-corrected chi connectivity index (χ3v) is 18.2. The molecule has 0 aliphatic rings. The second-order valence-electron chi connectivity index (χ2n) is 26.7. The van der Waals surface area contributed by atoms with E-state index in [1.165, 1.54) is 353 Å². The van der Waals surface area contributed by atoms with Gasteiger partial charge >= 0.3 is 5.97 Å². The Kier molecular flexibility index (Phi) is 72.9. The highest BCUT2D eigenvalue weighted by Gasteiger charge is 2.18. The molecule has 502 valence electrons. The first-order valence-electron chi connectivity index (χ1n) is 38.8. The first-order valence-corrected chi connectivity index (χ1v) is 38.8. The second-order valence-corrected chi connectivity index (χ2v) is 26.7. The van der Waals surface area contributed by atoms with Crippen molar-refractivity contribution >= 4 is 11.9 Å². The fraction of sp³-hybridized carbons (Fsp3) is 0.899. The van der Waals surface area contributed by atoms with Crippen LogP contribution in [0.5, 0.6) is 0 Å². The minimum absolute atomic E-state index is 0.0156. The summed E-state index contributed by atoms with van der Waals surface area (Å²) in [5.74, 6) is -0.0444. The Morgan fingerprint density at radius 2 is 0.588 bits per heavy atom. The van der Waals surface area contributed by atoms with Crippen molar-refractivity contribution in [2.45, 2.75) is 443 Å².